The van der Waals surface area contributed by atoms with Crippen molar-refractivity contribution < 1.29 is 14.7 Å². The lowest BCUT2D eigenvalue weighted by molar-refractivity contribution is -0.140. The van der Waals surface area contributed by atoms with Crippen molar-refractivity contribution in [2.24, 2.45) is 14.1 Å². The molecular formula is C11H12N4O5. The van der Waals surface area contributed by atoms with Gasteiger partial charge in [0.1, 0.15) is 6.42 Å². The Labute approximate surface area is 111 Å². The number of aliphatic carboxylic acids is 1. The molecule has 0 aliphatic heterocycles. The first-order valence-corrected chi connectivity index (χ1v) is 5.67. The van der Waals surface area contributed by atoms with Gasteiger partial charge >= 0.3 is 11.7 Å². The molecule has 20 heavy (non-hydrogen) atoms. The molecule has 0 atom stereocenters. The molecular weight excluding hydrogens is 268 g/mol. The number of imidazole rings is 1. The van der Waals surface area contributed by atoms with Crippen LogP contribution in [0.2, 0.25) is 0 Å². The highest BCUT2D eigenvalue weighted by Crippen LogP contribution is 2.02. The van der Waals surface area contributed by atoms with E-state index >= 15 is 0 Å². The molecule has 0 aliphatic carbocycles. The number of rotatable bonds is 4. The third kappa shape index (κ3) is 2.13. The van der Waals surface area contributed by atoms with Crippen LogP contribution in [0.3, 0.4) is 0 Å². The lowest BCUT2D eigenvalue weighted by Gasteiger charge is -2.07. The molecule has 2 aromatic heterocycles. The molecule has 0 bridgehead atoms. The molecule has 9 nitrogen and oxygen atoms in total. The van der Waals surface area contributed by atoms with Crippen LogP contribution in [0.25, 0.3) is 11.2 Å². The van der Waals surface area contributed by atoms with Crippen LogP contribution in [-0.2, 0) is 30.2 Å². The molecule has 0 unspecified atom stereocenters. The van der Waals surface area contributed by atoms with Gasteiger partial charge in [0.15, 0.2) is 16.9 Å². The van der Waals surface area contributed by atoms with Crippen molar-refractivity contribution in [1.29, 1.82) is 0 Å². The zero-order valence-corrected chi connectivity index (χ0v) is 10.9. The fourth-order valence-corrected chi connectivity index (χ4v) is 1.94. The molecule has 0 amide bonds. The van der Waals surface area contributed by atoms with E-state index in [0.29, 0.717) is 0 Å². The number of aromatic nitrogens is 4. The molecule has 0 aromatic carbocycles. The number of aryl methyl sites for hydroxylation is 2. The number of hydrogen-bond acceptors (Lipinski definition) is 5. The fraction of sp³-hybridized carbons (Fsp3) is 0.364. The summed E-state index contributed by atoms with van der Waals surface area (Å²) in [7, 11) is 3.01. The maximum Gasteiger partial charge on any atom is 0.332 e. The van der Waals surface area contributed by atoms with E-state index in [4.69, 9.17) is 5.11 Å². The number of carboxylic acids is 1. The molecule has 0 radical (unpaired) electrons. The first-order valence-electron chi connectivity index (χ1n) is 5.67. The monoisotopic (exact) mass is 280 g/mol. The van der Waals surface area contributed by atoms with Crippen molar-refractivity contribution >= 4 is 22.9 Å². The molecule has 0 saturated carbocycles. The van der Waals surface area contributed by atoms with Gasteiger partial charge in [-0.1, -0.05) is 0 Å². The fourth-order valence-electron chi connectivity index (χ4n) is 1.94. The maximum atomic E-state index is 12.2. The topological polar surface area (TPSA) is 116 Å². The summed E-state index contributed by atoms with van der Waals surface area (Å²) in [6, 6.07) is 0. The third-order valence-corrected chi connectivity index (χ3v) is 2.88. The summed E-state index contributed by atoms with van der Waals surface area (Å²) in [5, 5.41) is 8.53. The van der Waals surface area contributed by atoms with Gasteiger partial charge in [0.05, 0.1) is 12.9 Å². The molecule has 1 N–H and O–H groups in total. The minimum absolute atomic E-state index is 0.176. The van der Waals surface area contributed by atoms with Gasteiger partial charge in [0, 0.05) is 14.1 Å². The highest BCUT2D eigenvalue weighted by molar-refractivity contribution is 5.94. The Bertz CT molecular complexity index is 826. The molecule has 0 saturated heterocycles. The van der Waals surface area contributed by atoms with E-state index in [-0.39, 0.29) is 11.2 Å². The van der Waals surface area contributed by atoms with Gasteiger partial charge in [0.25, 0.3) is 5.56 Å². The standard InChI is InChI=1S/C11H12N4O5/c1-13-5-12-9-8(13)10(19)15(11(20)14(9)2)4-6(16)3-7(17)18/h5H,3-4H2,1-2H3,(H,17,18). The second-order valence-electron chi connectivity index (χ2n) is 4.37. The van der Waals surface area contributed by atoms with E-state index in [9.17, 15) is 19.2 Å². The van der Waals surface area contributed by atoms with Gasteiger partial charge in [-0.25, -0.2) is 9.78 Å². The second-order valence-corrected chi connectivity index (χ2v) is 4.37. The Morgan fingerprint density at radius 3 is 2.55 bits per heavy atom. The smallest absolute Gasteiger partial charge is 0.332 e. The first kappa shape index (κ1) is 13.7. The number of carboxylic acid groups (broad SMARTS) is 1. The zero-order chi connectivity index (χ0) is 15.0. The molecule has 0 fully saturated rings. The highest BCUT2D eigenvalue weighted by atomic mass is 16.4. The first-order chi connectivity index (χ1) is 9.32. The lowest BCUT2D eigenvalue weighted by atomic mass is 10.3. The number of Topliss-reactive ketones (excluding diaryl/α,β-unsaturated/α-hetero) is 1. The highest BCUT2D eigenvalue weighted by Gasteiger charge is 2.17. The Morgan fingerprint density at radius 2 is 1.95 bits per heavy atom. The average Bonchev–Trinajstić information content (AvgIpc) is 2.73. The van der Waals surface area contributed by atoms with Crippen molar-refractivity contribution in [2.75, 3.05) is 0 Å². The normalized spacial score (nSPS) is 10.9. The van der Waals surface area contributed by atoms with Crippen LogP contribution in [0.4, 0.5) is 0 Å². The summed E-state index contributed by atoms with van der Waals surface area (Å²) >= 11 is 0. The average molecular weight is 280 g/mol. The summed E-state index contributed by atoms with van der Waals surface area (Å²) in [5.41, 5.74) is -0.985. The molecule has 2 rings (SSSR count). The van der Waals surface area contributed by atoms with Gasteiger partial charge in [-0.2, -0.15) is 0 Å². The largest absolute Gasteiger partial charge is 0.481 e. The minimum atomic E-state index is -1.30. The summed E-state index contributed by atoms with van der Waals surface area (Å²) in [6.45, 7) is -0.571. The van der Waals surface area contributed by atoms with Crippen molar-refractivity contribution in [3.8, 4) is 0 Å². The Hall–Kier alpha value is -2.71. The lowest BCUT2D eigenvalue weighted by Crippen LogP contribution is -2.41. The van der Waals surface area contributed by atoms with E-state index in [2.05, 4.69) is 4.98 Å². The van der Waals surface area contributed by atoms with Gasteiger partial charge in [-0.15, -0.1) is 0 Å². The number of ketones is 1. The SMILES string of the molecule is Cn1cnc2c1c(=O)n(CC(=O)CC(=O)O)c(=O)n2C. The number of hydrogen-bond donors (Lipinski definition) is 1. The van der Waals surface area contributed by atoms with Crippen LogP contribution in [-0.4, -0.2) is 35.5 Å². The van der Waals surface area contributed by atoms with Gasteiger partial charge < -0.3 is 9.67 Å². The molecule has 2 heterocycles. The quantitative estimate of drug-likeness (QED) is 0.680. The van der Waals surface area contributed by atoms with Crippen LogP contribution < -0.4 is 11.2 Å². The van der Waals surface area contributed by atoms with E-state index in [1.165, 1.54) is 17.9 Å². The van der Waals surface area contributed by atoms with Crippen molar-refractivity contribution in [2.45, 2.75) is 13.0 Å². The molecule has 2 aromatic rings. The molecule has 9 heteroatoms. The van der Waals surface area contributed by atoms with Crippen molar-refractivity contribution in [1.82, 2.24) is 18.7 Å². The predicted octanol–water partition coefficient (Wildman–Crippen LogP) is -1.52. The van der Waals surface area contributed by atoms with Gasteiger partial charge in [0.2, 0.25) is 0 Å². The third-order valence-electron chi connectivity index (χ3n) is 2.88. The van der Waals surface area contributed by atoms with E-state index < -0.39 is 36.0 Å². The van der Waals surface area contributed by atoms with Crippen molar-refractivity contribution in [3.05, 3.63) is 27.2 Å². The number of fused-ring (bicyclic) bond motifs is 1. The van der Waals surface area contributed by atoms with Crippen LogP contribution >= 0.6 is 0 Å². The van der Waals surface area contributed by atoms with Crippen molar-refractivity contribution in [3.63, 3.8) is 0 Å². The Balaban J connectivity index is 2.62. The summed E-state index contributed by atoms with van der Waals surface area (Å²) in [6.07, 6.45) is 0.647. The Morgan fingerprint density at radius 1 is 1.30 bits per heavy atom. The molecule has 106 valence electrons. The number of carbonyl (C=O) groups is 2. The molecule has 0 spiro atoms. The number of nitrogens with zero attached hydrogens (tertiary/aromatic N) is 4. The van der Waals surface area contributed by atoms with Crippen LogP contribution in [0.1, 0.15) is 6.42 Å². The zero-order valence-electron chi connectivity index (χ0n) is 10.9. The van der Waals surface area contributed by atoms with Crippen LogP contribution in [0.15, 0.2) is 15.9 Å². The molecule has 0 aliphatic rings. The second kappa shape index (κ2) is 4.76. The summed E-state index contributed by atoms with van der Waals surface area (Å²) in [4.78, 5) is 50.1. The summed E-state index contributed by atoms with van der Waals surface area (Å²) < 4.78 is 3.30. The maximum absolute atomic E-state index is 12.2. The van der Waals surface area contributed by atoms with E-state index in [0.717, 1.165) is 9.13 Å². The minimum Gasteiger partial charge on any atom is -0.481 e. The number of carbonyl (C=O) groups excluding carboxylic acids is 1. The summed E-state index contributed by atoms with van der Waals surface area (Å²) in [5.74, 6) is -2.03. The van der Waals surface area contributed by atoms with E-state index in [1.807, 2.05) is 0 Å². The Kier molecular flexibility index (Phi) is 3.26. The van der Waals surface area contributed by atoms with Gasteiger partial charge in [-0.3, -0.25) is 23.5 Å². The van der Waals surface area contributed by atoms with Gasteiger partial charge in [-0.05, 0) is 0 Å². The predicted molar refractivity (Wildman–Crippen MR) is 67.5 cm³/mol. The van der Waals surface area contributed by atoms with Crippen LogP contribution in [0, 0.1) is 0 Å². The van der Waals surface area contributed by atoms with E-state index in [1.54, 1.807) is 7.05 Å². The van der Waals surface area contributed by atoms with Crippen LogP contribution in [0.5, 0.6) is 0 Å².